The summed E-state index contributed by atoms with van der Waals surface area (Å²) in [7, 11) is 2.18. The fourth-order valence-electron chi connectivity index (χ4n) is 2.95. The first-order valence-electron chi connectivity index (χ1n) is 6.67. The molecule has 2 aliphatic rings. The average molecular weight is 311 g/mol. The van der Waals surface area contributed by atoms with Crippen LogP contribution in [-0.2, 0) is 4.79 Å². The predicted octanol–water partition coefficient (Wildman–Crippen LogP) is 1.16. The molecule has 1 aliphatic heterocycles. The maximum Gasteiger partial charge on any atom is 0.490 e. The Kier molecular flexibility index (Phi) is 5.82. The molecule has 0 bridgehead atoms. The van der Waals surface area contributed by atoms with Crippen LogP contribution in [0.5, 0.6) is 0 Å². The number of hydrogen-bond donors (Lipinski definition) is 3. The Bertz CT molecular complexity index is 390. The van der Waals surface area contributed by atoms with Crippen LogP contribution in [0.2, 0.25) is 0 Å². The number of carbonyl (C=O) groups is 2. The number of primary amides is 1. The van der Waals surface area contributed by atoms with Crippen LogP contribution in [0, 0.1) is 5.92 Å². The molecule has 1 saturated heterocycles. The standard InChI is InChI=1S/C10H19N3O.C2HF3O2/c1-13-5-4-7-2-3-8(6-9(7)13)12-10(11)14;3-2(4,5)1(6)7/h7-9H,2-6H2,1H3,(H3,11,12,14);(H,6,7). The highest BCUT2D eigenvalue weighted by molar-refractivity contribution is 5.73. The summed E-state index contributed by atoms with van der Waals surface area (Å²) in [6.07, 6.45) is -0.355. The Hall–Kier alpha value is -1.51. The summed E-state index contributed by atoms with van der Waals surface area (Å²) in [4.78, 5) is 22.1. The molecule has 4 N–H and O–H groups in total. The van der Waals surface area contributed by atoms with Gasteiger partial charge in [0, 0.05) is 12.1 Å². The normalized spacial score (nSPS) is 29.0. The average Bonchev–Trinajstić information content (AvgIpc) is 2.70. The van der Waals surface area contributed by atoms with Crippen molar-refractivity contribution in [3.05, 3.63) is 0 Å². The fraction of sp³-hybridized carbons (Fsp3) is 0.833. The van der Waals surface area contributed by atoms with E-state index in [1.54, 1.807) is 0 Å². The van der Waals surface area contributed by atoms with Gasteiger partial charge in [0.05, 0.1) is 0 Å². The van der Waals surface area contributed by atoms with Gasteiger partial charge in [0.1, 0.15) is 0 Å². The molecule has 0 aromatic rings. The molecule has 6 nitrogen and oxygen atoms in total. The number of halogens is 3. The van der Waals surface area contributed by atoms with E-state index in [1.165, 1.54) is 19.4 Å². The largest absolute Gasteiger partial charge is 0.490 e. The van der Waals surface area contributed by atoms with Gasteiger partial charge in [0.15, 0.2) is 0 Å². The molecule has 122 valence electrons. The highest BCUT2D eigenvalue weighted by Crippen LogP contribution is 2.35. The minimum absolute atomic E-state index is 0.300. The van der Waals surface area contributed by atoms with E-state index in [4.69, 9.17) is 15.6 Å². The molecule has 2 fully saturated rings. The Morgan fingerprint density at radius 2 is 1.86 bits per heavy atom. The number of alkyl halides is 3. The van der Waals surface area contributed by atoms with Crippen molar-refractivity contribution in [1.29, 1.82) is 0 Å². The number of nitrogens with zero attached hydrogens (tertiary/aromatic N) is 1. The first-order valence-corrected chi connectivity index (χ1v) is 6.67. The monoisotopic (exact) mass is 311 g/mol. The molecule has 9 heteroatoms. The van der Waals surface area contributed by atoms with Crippen LogP contribution >= 0.6 is 0 Å². The zero-order chi connectivity index (χ0) is 16.2. The number of aliphatic carboxylic acids is 1. The number of carboxylic acids is 1. The van der Waals surface area contributed by atoms with Crippen molar-refractivity contribution in [2.24, 2.45) is 11.7 Å². The topological polar surface area (TPSA) is 95.7 Å². The van der Waals surface area contributed by atoms with Gasteiger partial charge >= 0.3 is 18.2 Å². The van der Waals surface area contributed by atoms with Gasteiger partial charge in [-0.05, 0) is 45.2 Å². The highest BCUT2D eigenvalue weighted by Gasteiger charge is 2.38. The summed E-state index contributed by atoms with van der Waals surface area (Å²) >= 11 is 0. The molecule has 3 atom stereocenters. The van der Waals surface area contributed by atoms with E-state index in [1.807, 2.05) is 0 Å². The molecule has 0 spiro atoms. The predicted molar refractivity (Wildman–Crippen MR) is 68.6 cm³/mol. The summed E-state index contributed by atoms with van der Waals surface area (Å²) in [5, 5.41) is 9.95. The van der Waals surface area contributed by atoms with Crippen molar-refractivity contribution in [2.45, 2.75) is 43.9 Å². The zero-order valence-corrected chi connectivity index (χ0v) is 11.7. The first-order chi connectivity index (χ1) is 9.61. The second kappa shape index (κ2) is 6.97. The van der Waals surface area contributed by atoms with Crippen molar-refractivity contribution >= 4 is 12.0 Å². The molecular weight excluding hydrogens is 291 g/mol. The number of amides is 2. The molecule has 1 saturated carbocycles. The van der Waals surface area contributed by atoms with Gasteiger partial charge < -0.3 is 21.1 Å². The van der Waals surface area contributed by atoms with Crippen molar-refractivity contribution in [3.8, 4) is 0 Å². The molecule has 2 rings (SSSR count). The second-order valence-corrected chi connectivity index (χ2v) is 5.42. The van der Waals surface area contributed by atoms with E-state index in [-0.39, 0.29) is 6.03 Å². The van der Waals surface area contributed by atoms with Crippen LogP contribution < -0.4 is 11.1 Å². The summed E-state index contributed by atoms with van der Waals surface area (Å²) in [5.74, 6) is -1.90. The third-order valence-corrected chi connectivity index (χ3v) is 3.96. The number of carboxylic acid groups (broad SMARTS) is 1. The molecule has 0 aromatic heterocycles. The molecular formula is C12H20F3N3O3. The van der Waals surface area contributed by atoms with Gasteiger partial charge in [-0.2, -0.15) is 13.2 Å². The number of nitrogens with one attached hydrogen (secondary N) is 1. The number of nitrogens with two attached hydrogens (primary N) is 1. The Morgan fingerprint density at radius 1 is 1.29 bits per heavy atom. The quantitative estimate of drug-likeness (QED) is 0.677. The Balaban J connectivity index is 0.000000270. The number of carbonyl (C=O) groups excluding carboxylic acids is 1. The highest BCUT2D eigenvalue weighted by atomic mass is 19.4. The van der Waals surface area contributed by atoms with Crippen LogP contribution in [0.1, 0.15) is 25.7 Å². The van der Waals surface area contributed by atoms with E-state index >= 15 is 0 Å². The van der Waals surface area contributed by atoms with E-state index in [0.717, 1.165) is 18.8 Å². The van der Waals surface area contributed by atoms with Gasteiger partial charge in [-0.25, -0.2) is 9.59 Å². The molecule has 1 heterocycles. The minimum Gasteiger partial charge on any atom is -0.475 e. The number of rotatable bonds is 1. The van der Waals surface area contributed by atoms with Gasteiger partial charge in [-0.15, -0.1) is 0 Å². The summed E-state index contributed by atoms with van der Waals surface area (Å²) in [6, 6.07) is 0.587. The lowest BCUT2D eigenvalue weighted by Crippen LogP contribution is -2.46. The third-order valence-electron chi connectivity index (χ3n) is 3.96. The Morgan fingerprint density at radius 3 is 2.33 bits per heavy atom. The summed E-state index contributed by atoms with van der Waals surface area (Å²) < 4.78 is 31.7. The van der Waals surface area contributed by atoms with Crippen LogP contribution in [0.3, 0.4) is 0 Å². The molecule has 21 heavy (non-hydrogen) atoms. The zero-order valence-electron chi connectivity index (χ0n) is 11.7. The number of fused-ring (bicyclic) bond motifs is 1. The van der Waals surface area contributed by atoms with Gasteiger partial charge in [-0.3, -0.25) is 0 Å². The van der Waals surface area contributed by atoms with E-state index < -0.39 is 12.1 Å². The van der Waals surface area contributed by atoms with Gasteiger partial charge in [-0.1, -0.05) is 0 Å². The van der Waals surface area contributed by atoms with Crippen molar-refractivity contribution in [2.75, 3.05) is 13.6 Å². The SMILES string of the molecule is CN1CCC2CCC(NC(N)=O)CC21.O=C(O)C(F)(F)F. The van der Waals surface area contributed by atoms with E-state index in [2.05, 4.69) is 17.3 Å². The lowest BCUT2D eigenvalue weighted by Gasteiger charge is -2.34. The first kappa shape index (κ1) is 17.5. The summed E-state index contributed by atoms with van der Waals surface area (Å²) in [6.45, 7) is 1.21. The van der Waals surface area contributed by atoms with Crippen LogP contribution in [0.15, 0.2) is 0 Å². The van der Waals surface area contributed by atoms with Crippen molar-refractivity contribution < 1.29 is 27.9 Å². The van der Waals surface area contributed by atoms with Crippen LogP contribution in [-0.4, -0.2) is 53.9 Å². The third kappa shape index (κ3) is 5.41. The molecule has 1 aliphatic carbocycles. The fourth-order valence-corrected chi connectivity index (χ4v) is 2.95. The molecule has 2 amide bonds. The second-order valence-electron chi connectivity index (χ2n) is 5.42. The van der Waals surface area contributed by atoms with Gasteiger partial charge in [0.25, 0.3) is 0 Å². The van der Waals surface area contributed by atoms with Crippen molar-refractivity contribution in [3.63, 3.8) is 0 Å². The number of hydrogen-bond acceptors (Lipinski definition) is 3. The van der Waals surface area contributed by atoms with Gasteiger partial charge in [0.2, 0.25) is 0 Å². The Labute approximate surface area is 120 Å². The van der Waals surface area contributed by atoms with Crippen LogP contribution in [0.25, 0.3) is 0 Å². The molecule has 0 aromatic carbocycles. The number of urea groups is 1. The van der Waals surface area contributed by atoms with Crippen LogP contribution in [0.4, 0.5) is 18.0 Å². The van der Waals surface area contributed by atoms with Crippen molar-refractivity contribution in [1.82, 2.24) is 10.2 Å². The van der Waals surface area contributed by atoms with E-state index in [9.17, 15) is 18.0 Å². The molecule has 3 unspecified atom stereocenters. The lowest BCUT2D eigenvalue weighted by atomic mass is 9.82. The molecule has 0 radical (unpaired) electrons. The minimum atomic E-state index is -5.08. The summed E-state index contributed by atoms with van der Waals surface area (Å²) in [5.41, 5.74) is 5.13. The maximum absolute atomic E-state index is 10.7. The number of likely N-dealkylation sites (tertiary alicyclic amines) is 1. The maximum atomic E-state index is 10.7. The van der Waals surface area contributed by atoms with E-state index in [0.29, 0.717) is 12.1 Å². The smallest absolute Gasteiger partial charge is 0.475 e. The lowest BCUT2D eigenvalue weighted by molar-refractivity contribution is -0.192.